The number of carbonyl (C=O) groups excluding carboxylic acids is 1. The first-order valence-electron chi connectivity index (χ1n) is 13.7. The fourth-order valence-electron chi connectivity index (χ4n) is 6.70. The van der Waals surface area contributed by atoms with E-state index in [1.807, 2.05) is 49.4 Å². The van der Waals surface area contributed by atoms with E-state index in [-0.39, 0.29) is 29.8 Å². The average Bonchev–Trinajstić information content (AvgIpc) is 3.37. The molecule has 2 aromatic carbocycles. The molecular weight excluding hydrogens is 510 g/mol. The predicted molar refractivity (Wildman–Crippen MR) is 154 cm³/mol. The number of carbonyl (C=O) groups is 1. The Labute approximate surface area is 234 Å². The van der Waals surface area contributed by atoms with Crippen molar-refractivity contribution in [1.82, 2.24) is 10.3 Å². The Bertz CT molecular complexity index is 1280. The van der Waals surface area contributed by atoms with Crippen molar-refractivity contribution in [3.8, 4) is 5.75 Å². The number of fused-ring (bicyclic) bond motifs is 2. The van der Waals surface area contributed by atoms with Gasteiger partial charge in [0.05, 0.1) is 25.5 Å². The molecule has 0 radical (unpaired) electrons. The Morgan fingerprint density at radius 1 is 1.10 bits per heavy atom. The van der Waals surface area contributed by atoms with Crippen molar-refractivity contribution in [2.24, 2.45) is 16.7 Å². The normalized spacial score (nSPS) is 27.8. The Kier molecular flexibility index (Phi) is 7.99. The van der Waals surface area contributed by atoms with Crippen LogP contribution in [0.15, 0.2) is 54.6 Å². The lowest BCUT2D eigenvalue weighted by molar-refractivity contribution is -0.144. The molecule has 5 rings (SSSR count). The van der Waals surface area contributed by atoms with Gasteiger partial charge < -0.3 is 25.6 Å². The fraction of sp³-hybridized carbons (Fsp3) is 0.484. The lowest BCUT2D eigenvalue weighted by Gasteiger charge is -2.58. The highest BCUT2D eigenvalue weighted by molar-refractivity contribution is 7.15. The molecular formula is C31H39N3O4S. The van der Waals surface area contributed by atoms with Crippen molar-refractivity contribution in [3.05, 3.63) is 76.3 Å². The summed E-state index contributed by atoms with van der Waals surface area (Å²) in [6.45, 7) is 5.27. The summed E-state index contributed by atoms with van der Waals surface area (Å²) in [6.07, 6.45) is 1.88. The van der Waals surface area contributed by atoms with Gasteiger partial charge in [0.25, 0.3) is 0 Å². The van der Waals surface area contributed by atoms with Crippen LogP contribution in [-0.4, -0.2) is 40.9 Å². The third kappa shape index (κ3) is 5.42. The monoisotopic (exact) mass is 549 g/mol. The molecule has 3 aromatic rings. The van der Waals surface area contributed by atoms with Crippen LogP contribution < -0.4 is 15.4 Å². The van der Waals surface area contributed by atoms with Crippen molar-refractivity contribution in [2.45, 2.75) is 64.6 Å². The van der Waals surface area contributed by atoms with Crippen LogP contribution in [0.1, 0.15) is 60.7 Å². The summed E-state index contributed by atoms with van der Waals surface area (Å²) >= 11 is 1.64. The molecule has 1 amide bonds. The number of hydrogen-bond acceptors (Lipinski definition) is 7. The summed E-state index contributed by atoms with van der Waals surface area (Å²) in [6, 6.07) is 17.9. The number of methoxy groups -OCH3 is 1. The third-order valence-electron chi connectivity index (χ3n) is 9.22. The molecule has 0 spiro atoms. The van der Waals surface area contributed by atoms with Crippen LogP contribution >= 0.6 is 11.3 Å². The maximum Gasteiger partial charge on any atom is 0.220 e. The summed E-state index contributed by atoms with van der Waals surface area (Å²) in [7, 11) is 1.64. The van der Waals surface area contributed by atoms with E-state index in [4.69, 9.17) is 9.72 Å². The Hall–Kier alpha value is -2.94. The highest BCUT2D eigenvalue weighted by atomic mass is 32.1. The molecule has 0 bridgehead atoms. The topological polar surface area (TPSA) is 104 Å². The number of aromatic nitrogens is 1. The van der Waals surface area contributed by atoms with Gasteiger partial charge in [-0.25, -0.2) is 4.98 Å². The van der Waals surface area contributed by atoms with Crippen LogP contribution in [0.3, 0.4) is 0 Å². The van der Waals surface area contributed by atoms with Gasteiger partial charge in [0.2, 0.25) is 5.91 Å². The standard InChI is InChI=1S/C31H39N3O4S/c1-30-14-13-26(36)31(2,19-35)25(30)16-24-28(34-29(39-24)33-18-20-7-5-4-6-8-20)23(30)15-27(37)32-17-21-9-11-22(38-3)12-10-21/h4-12,23,25-26,35-36H,13-19H2,1-3H3,(H,32,37)(H,33,34)/t23-,25+,26-,30+,31+/m1/s1. The zero-order chi connectivity index (χ0) is 27.6. The summed E-state index contributed by atoms with van der Waals surface area (Å²) < 4.78 is 5.23. The maximum absolute atomic E-state index is 13.4. The van der Waals surface area contributed by atoms with Crippen LogP contribution in [0.5, 0.6) is 5.75 Å². The maximum atomic E-state index is 13.4. The number of nitrogens with one attached hydrogen (secondary N) is 2. The number of thiazole rings is 1. The van der Waals surface area contributed by atoms with Gasteiger partial charge in [-0.15, -0.1) is 11.3 Å². The van der Waals surface area contributed by atoms with Gasteiger partial charge in [0.1, 0.15) is 5.75 Å². The number of anilines is 1. The Morgan fingerprint density at radius 2 is 1.82 bits per heavy atom. The van der Waals surface area contributed by atoms with E-state index >= 15 is 0 Å². The number of aliphatic hydroxyl groups is 2. The summed E-state index contributed by atoms with van der Waals surface area (Å²) in [5.74, 6) is 0.690. The minimum absolute atomic E-state index is 0.0211. The van der Waals surface area contributed by atoms with Crippen molar-refractivity contribution >= 4 is 22.4 Å². The van der Waals surface area contributed by atoms with Crippen LogP contribution in [0.4, 0.5) is 5.13 Å². The zero-order valence-corrected chi connectivity index (χ0v) is 23.8. The molecule has 0 unspecified atom stereocenters. The molecule has 2 aliphatic rings. The van der Waals surface area contributed by atoms with E-state index < -0.39 is 11.5 Å². The van der Waals surface area contributed by atoms with Crippen LogP contribution in [0.2, 0.25) is 0 Å². The van der Waals surface area contributed by atoms with E-state index in [0.717, 1.165) is 39.9 Å². The van der Waals surface area contributed by atoms with E-state index in [1.54, 1.807) is 18.4 Å². The molecule has 5 atom stereocenters. The van der Waals surface area contributed by atoms with Gasteiger partial charge >= 0.3 is 0 Å². The zero-order valence-electron chi connectivity index (χ0n) is 22.9. The Morgan fingerprint density at radius 3 is 2.51 bits per heavy atom. The number of rotatable bonds is 9. The summed E-state index contributed by atoms with van der Waals surface area (Å²) in [5, 5.41) is 28.9. The van der Waals surface area contributed by atoms with Gasteiger partial charge in [-0.05, 0) is 53.9 Å². The van der Waals surface area contributed by atoms with E-state index in [0.29, 0.717) is 25.9 Å². The first kappa shape index (κ1) is 27.6. The number of nitrogens with zero attached hydrogens (tertiary/aromatic N) is 1. The predicted octanol–water partition coefficient (Wildman–Crippen LogP) is 4.89. The first-order chi connectivity index (χ1) is 18.8. The second-order valence-corrected chi connectivity index (χ2v) is 12.6. The fourth-order valence-corrected chi connectivity index (χ4v) is 7.76. The quantitative estimate of drug-likeness (QED) is 0.303. The third-order valence-corrected chi connectivity index (χ3v) is 10.3. The smallest absolute Gasteiger partial charge is 0.220 e. The van der Waals surface area contributed by atoms with Crippen molar-refractivity contribution < 1.29 is 19.7 Å². The number of ether oxygens (including phenoxy) is 1. The van der Waals surface area contributed by atoms with E-state index in [2.05, 4.69) is 29.7 Å². The highest BCUT2D eigenvalue weighted by Crippen LogP contribution is 2.62. The molecule has 7 nitrogen and oxygen atoms in total. The number of benzene rings is 2. The summed E-state index contributed by atoms with van der Waals surface area (Å²) in [5.41, 5.74) is 2.27. The lowest BCUT2D eigenvalue weighted by Crippen LogP contribution is -2.57. The molecule has 39 heavy (non-hydrogen) atoms. The highest BCUT2D eigenvalue weighted by Gasteiger charge is 2.59. The van der Waals surface area contributed by atoms with Crippen molar-refractivity contribution in [1.29, 1.82) is 0 Å². The second kappa shape index (κ2) is 11.3. The molecule has 1 aromatic heterocycles. The minimum atomic E-state index is -0.635. The first-order valence-corrected chi connectivity index (χ1v) is 14.5. The van der Waals surface area contributed by atoms with E-state index in [9.17, 15) is 15.0 Å². The average molecular weight is 550 g/mol. The number of aliphatic hydroxyl groups excluding tert-OH is 2. The molecule has 208 valence electrons. The molecule has 1 saturated carbocycles. The second-order valence-electron chi connectivity index (χ2n) is 11.5. The molecule has 2 aliphatic carbocycles. The van der Waals surface area contributed by atoms with Gasteiger partial charge in [-0.1, -0.05) is 56.3 Å². The Balaban J connectivity index is 1.40. The molecule has 1 fully saturated rings. The van der Waals surface area contributed by atoms with Crippen LogP contribution in [0, 0.1) is 16.7 Å². The van der Waals surface area contributed by atoms with Crippen molar-refractivity contribution in [3.63, 3.8) is 0 Å². The molecule has 4 N–H and O–H groups in total. The van der Waals surface area contributed by atoms with Crippen LogP contribution in [-0.2, 0) is 24.3 Å². The number of hydrogen-bond donors (Lipinski definition) is 4. The van der Waals surface area contributed by atoms with Gasteiger partial charge in [0.15, 0.2) is 5.13 Å². The lowest BCUT2D eigenvalue weighted by atomic mass is 9.47. The summed E-state index contributed by atoms with van der Waals surface area (Å²) in [4.78, 5) is 19.6. The van der Waals surface area contributed by atoms with E-state index in [1.165, 1.54) is 5.56 Å². The van der Waals surface area contributed by atoms with Crippen molar-refractivity contribution in [2.75, 3.05) is 19.0 Å². The van der Waals surface area contributed by atoms with Crippen LogP contribution in [0.25, 0.3) is 0 Å². The molecule has 8 heteroatoms. The number of amides is 1. The SMILES string of the molecule is COc1ccc(CNC(=O)C[C@@H]2c3nc(NCc4ccccc4)sc3C[C@@H]3[C@](C)(CO)[C@H](O)CC[C@]32C)cc1. The minimum Gasteiger partial charge on any atom is -0.497 e. The molecule has 1 heterocycles. The largest absolute Gasteiger partial charge is 0.497 e. The van der Waals surface area contributed by atoms with Gasteiger partial charge in [0, 0.05) is 35.7 Å². The molecule has 0 saturated heterocycles. The van der Waals surface area contributed by atoms with Gasteiger partial charge in [-0.3, -0.25) is 4.79 Å². The van der Waals surface area contributed by atoms with Gasteiger partial charge in [-0.2, -0.15) is 0 Å². The molecule has 0 aliphatic heterocycles.